The number of nitrogens with zero attached hydrogens (tertiary/aromatic N) is 2. The fraction of sp³-hybridized carbons (Fsp3) is 0.462. The first-order valence-electron chi connectivity index (χ1n) is 5.83. The van der Waals surface area contributed by atoms with Gasteiger partial charge in [0.15, 0.2) is 0 Å². The molecular formula is C13H15BrClFN2S. The monoisotopic (exact) mass is 364 g/mol. The van der Waals surface area contributed by atoms with E-state index in [0.29, 0.717) is 10.4 Å². The Labute approximate surface area is 129 Å². The maximum absolute atomic E-state index is 13.7. The third-order valence-electron chi connectivity index (χ3n) is 3.08. The van der Waals surface area contributed by atoms with Crippen LogP contribution < -0.4 is 0 Å². The minimum atomic E-state index is -0.281. The van der Waals surface area contributed by atoms with Gasteiger partial charge in [0.25, 0.3) is 0 Å². The largest absolute Gasteiger partial charge is 0.326 e. The van der Waals surface area contributed by atoms with Crippen LogP contribution in [-0.4, -0.2) is 20.6 Å². The van der Waals surface area contributed by atoms with Crippen LogP contribution in [0, 0.1) is 5.82 Å². The SMILES string of the molecule is CSC(C)(C)Cn1c(CCl)nc2cc(Br)c(F)cc21. The lowest BCUT2D eigenvalue weighted by atomic mass is 10.2. The Balaban J connectivity index is 2.60. The van der Waals surface area contributed by atoms with E-state index in [0.717, 1.165) is 23.4 Å². The zero-order valence-electron chi connectivity index (χ0n) is 11.0. The molecule has 0 bridgehead atoms. The van der Waals surface area contributed by atoms with Crippen LogP contribution in [0.3, 0.4) is 0 Å². The molecule has 0 N–H and O–H groups in total. The Morgan fingerprint density at radius 3 is 2.74 bits per heavy atom. The lowest BCUT2D eigenvalue weighted by Crippen LogP contribution is -2.23. The summed E-state index contributed by atoms with van der Waals surface area (Å²) >= 11 is 10.9. The Hall–Kier alpha value is -0.260. The maximum atomic E-state index is 13.7. The molecule has 1 heterocycles. The summed E-state index contributed by atoms with van der Waals surface area (Å²) in [5, 5.41) is 0. The summed E-state index contributed by atoms with van der Waals surface area (Å²) in [6, 6.07) is 3.21. The molecule has 6 heteroatoms. The molecule has 1 aromatic carbocycles. The van der Waals surface area contributed by atoms with Crippen LogP contribution in [0.15, 0.2) is 16.6 Å². The van der Waals surface area contributed by atoms with Crippen molar-refractivity contribution in [3.05, 3.63) is 28.2 Å². The molecule has 1 aromatic heterocycles. The second-order valence-corrected chi connectivity index (χ2v) is 7.60. The lowest BCUT2D eigenvalue weighted by molar-refractivity contribution is 0.564. The number of fused-ring (bicyclic) bond motifs is 1. The molecule has 0 spiro atoms. The van der Waals surface area contributed by atoms with Gasteiger partial charge in [-0.2, -0.15) is 11.8 Å². The van der Waals surface area contributed by atoms with Crippen molar-refractivity contribution in [3.8, 4) is 0 Å². The third kappa shape index (κ3) is 3.09. The lowest BCUT2D eigenvalue weighted by Gasteiger charge is -2.24. The van der Waals surface area contributed by atoms with Crippen molar-refractivity contribution in [1.82, 2.24) is 9.55 Å². The molecule has 0 atom stereocenters. The zero-order chi connectivity index (χ0) is 14.2. The molecule has 0 aliphatic carbocycles. The van der Waals surface area contributed by atoms with Crippen molar-refractivity contribution in [3.63, 3.8) is 0 Å². The molecule has 0 radical (unpaired) electrons. The number of benzene rings is 1. The van der Waals surface area contributed by atoms with Gasteiger partial charge in [-0.3, -0.25) is 0 Å². The average Bonchev–Trinajstić information content (AvgIpc) is 2.67. The molecule has 0 aliphatic heterocycles. The Bertz CT molecular complexity index is 612. The van der Waals surface area contributed by atoms with E-state index in [2.05, 4.69) is 41.0 Å². The molecule has 0 saturated heterocycles. The highest BCUT2D eigenvalue weighted by Crippen LogP contribution is 2.29. The Kier molecular flexibility index (Phi) is 4.48. The minimum absolute atomic E-state index is 0.0397. The summed E-state index contributed by atoms with van der Waals surface area (Å²) in [6.45, 7) is 5.04. The van der Waals surface area contributed by atoms with Crippen LogP contribution >= 0.6 is 39.3 Å². The van der Waals surface area contributed by atoms with Crippen molar-refractivity contribution >= 4 is 50.3 Å². The highest BCUT2D eigenvalue weighted by molar-refractivity contribution is 9.10. The molecule has 0 aliphatic rings. The number of imidazole rings is 1. The summed E-state index contributed by atoms with van der Waals surface area (Å²) in [5.74, 6) is 0.811. The van der Waals surface area contributed by atoms with Gasteiger partial charge in [-0.1, -0.05) is 0 Å². The summed E-state index contributed by atoms with van der Waals surface area (Å²) in [4.78, 5) is 4.48. The van der Waals surface area contributed by atoms with E-state index in [1.54, 1.807) is 17.8 Å². The van der Waals surface area contributed by atoms with Crippen molar-refractivity contribution in [2.24, 2.45) is 0 Å². The minimum Gasteiger partial charge on any atom is -0.326 e. The van der Waals surface area contributed by atoms with Gasteiger partial charge in [-0.15, -0.1) is 11.6 Å². The molecule has 104 valence electrons. The third-order valence-corrected chi connectivity index (χ3v) is 5.16. The maximum Gasteiger partial charge on any atom is 0.139 e. The molecule has 0 saturated carbocycles. The fourth-order valence-electron chi connectivity index (χ4n) is 1.89. The molecule has 19 heavy (non-hydrogen) atoms. The molecule has 0 fully saturated rings. The number of halogens is 3. The molecule has 0 unspecified atom stereocenters. The standard InChI is InChI=1S/C13H15BrClFN2S/c1-13(2,19-3)7-18-11-5-9(16)8(14)4-10(11)17-12(18)6-15/h4-5H,6-7H2,1-3H3. The number of alkyl halides is 1. The second kappa shape index (κ2) is 5.62. The van der Waals surface area contributed by atoms with E-state index in [1.807, 2.05) is 4.57 Å². The highest BCUT2D eigenvalue weighted by Gasteiger charge is 2.21. The predicted octanol–water partition coefficient (Wildman–Crippen LogP) is 4.82. The molecule has 0 amide bonds. The number of thioether (sulfide) groups is 1. The van der Waals surface area contributed by atoms with Gasteiger partial charge < -0.3 is 4.57 Å². The first-order chi connectivity index (χ1) is 8.88. The summed E-state index contributed by atoms with van der Waals surface area (Å²) in [6.07, 6.45) is 2.07. The van der Waals surface area contributed by atoms with Gasteiger partial charge in [-0.05, 0) is 42.1 Å². The topological polar surface area (TPSA) is 17.8 Å². The van der Waals surface area contributed by atoms with Gasteiger partial charge >= 0.3 is 0 Å². The van der Waals surface area contributed by atoms with Gasteiger partial charge in [0.05, 0.1) is 21.4 Å². The van der Waals surface area contributed by atoms with Crippen LogP contribution in [0.1, 0.15) is 19.7 Å². The smallest absolute Gasteiger partial charge is 0.139 e. The number of hydrogen-bond donors (Lipinski definition) is 0. The summed E-state index contributed by atoms with van der Waals surface area (Å²) in [5.41, 5.74) is 1.55. The van der Waals surface area contributed by atoms with Crippen molar-refractivity contribution in [1.29, 1.82) is 0 Å². The van der Waals surface area contributed by atoms with Gasteiger partial charge in [0.2, 0.25) is 0 Å². The van der Waals surface area contributed by atoms with Crippen LogP contribution in [-0.2, 0) is 12.4 Å². The first-order valence-corrected chi connectivity index (χ1v) is 8.38. The van der Waals surface area contributed by atoms with Crippen LogP contribution in [0.25, 0.3) is 11.0 Å². The van der Waals surface area contributed by atoms with E-state index < -0.39 is 0 Å². The average molecular weight is 366 g/mol. The van der Waals surface area contributed by atoms with Crippen molar-refractivity contribution in [2.45, 2.75) is 31.0 Å². The highest BCUT2D eigenvalue weighted by atomic mass is 79.9. The van der Waals surface area contributed by atoms with E-state index in [-0.39, 0.29) is 10.6 Å². The van der Waals surface area contributed by atoms with Crippen LogP contribution in [0.5, 0.6) is 0 Å². The first kappa shape index (κ1) is 15.1. The van der Waals surface area contributed by atoms with Gasteiger partial charge in [-0.25, -0.2) is 9.37 Å². The molecule has 2 aromatic rings. The van der Waals surface area contributed by atoms with Gasteiger partial charge in [0, 0.05) is 17.4 Å². The Morgan fingerprint density at radius 1 is 1.47 bits per heavy atom. The number of aromatic nitrogens is 2. The molecule has 2 nitrogen and oxygen atoms in total. The quantitative estimate of drug-likeness (QED) is 0.723. The predicted molar refractivity (Wildman–Crippen MR) is 84.5 cm³/mol. The van der Waals surface area contributed by atoms with E-state index in [4.69, 9.17) is 11.6 Å². The van der Waals surface area contributed by atoms with Crippen LogP contribution in [0.2, 0.25) is 0 Å². The van der Waals surface area contributed by atoms with E-state index in [1.165, 1.54) is 6.07 Å². The van der Waals surface area contributed by atoms with E-state index >= 15 is 0 Å². The van der Waals surface area contributed by atoms with Crippen LogP contribution in [0.4, 0.5) is 4.39 Å². The molecular weight excluding hydrogens is 351 g/mol. The van der Waals surface area contributed by atoms with Crippen molar-refractivity contribution in [2.75, 3.05) is 6.26 Å². The van der Waals surface area contributed by atoms with Gasteiger partial charge in [0.1, 0.15) is 11.6 Å². The summed E-state index contributed by atoms with van der Waals surface area (Å²) < 4.78 is 16.2. The zero-order valence-corrected chi connectivity index (χ0v) is 14.2. The van der Waals surface area contributed by atoms with E-state index in [9.17, 15) is 4.39 Å². The number of rotatable bonds is 4. The second-order valence-electron chi connectivity index (χ2n) is 4.97. The number of hydrogen-bond acceptors (Lipinski definition) is 2. The summed E-state index contributed by atoms with van der Waals surface area (Å²) in [7, 11) is 0. The normalized spacial score (nSPS) is 12.3. The fourth-order valence-corrected chi connectivity index (χ4v) is 2.69. The van der Waals surface area contributed by atoms with Crippen molar-refractivity contribution < 1.29 is 4.39 Å². The Morgan fingerprint density at radius 2 is 2.16 bits per heavy atom. The molecule has 2 rings (SSSR count).